The van der Waals surface area contributed by atoms with Crippen molar-refractivity contribution in [2.24, 2.45) is 0 Å². The van der Waals surface area contributed by atoms with Gasteiger partial charge in [0.25, 0.3) is 5.91 Å². The molecule has 130 valence electrons. The van der Waals surface area contributed by atoms with Gasteiger partial charge < -0.3 is 15.0 Å². The lowest BCUT2D eigenvalue weighted by atomic mass is 9.95. The summed E-state index contributed by atoms with van der Waals surface area (Å²) in [5, 5.41) is 12.2. The zero-order valence-corrected chi connectivity index (χ0v) is 15.4. The van der Waals surface area contributed by atoms with Gasteiger partial charge in [0.1, 0.15) is 0 Å². The van der Waals surface area contributed by atoms with Gasteiger partial charge >= 0.3 is 0 Å². The lowest BCUT2D eigenvalue weighted by Crippen LogP contribution is -2.37. The Labute approximate surface area is 144 Å². The predicted octanol–water partition coefficient (Wildman–Crippen LogP) is 3.45. The fourth-order valence-electron chi connectivity index (χ4n) is 3.73. The Bertz CT molecular complexity index is 515. The van der Waals surface area contributed by atoms with E-state index in [1.807, 2.05) is 12.3 Å². The van der Waals surface area contributed by atoms with E-state index in [-0.39, 0.29) is 18.6 Å². The van der Waals surface area contributed by atoms with Gasteiger partial charge in [-0.15, -0.1) is 0 Å². The summed E-state index contributed by atoms with van der Waals surface area (Å²) in [5.41, 5.74) is 3.05. The summed E-state index contributed by atoms with van der Waals surface area (Å²) in [6, 6.07) is 2.60. The Hall–Kier alpha value is -0.940. The van der Waals surface area contributed by atoms with Gasteiger partial charge in [0.05, 0.1) is 5.56 Å². The summed E-state index contributed by atoms with van der Waals surface area (Å²) in [7, 11) is 0. The first-order chi connectivity index (χ1) is 11.1. The SMILES string of the molecule is CSCC(CCO)NC(=O)c1cc(C)n(C2CCCCC2)c1C. The van der Waals surface area contributed by atoms with E-state index in [1.165, 1.54) is 37.8 Å². The number of aliphatic hydroxyl groups is 1. The number of aromatic nitrogens is 1. The number of aryl methyl sites for hydroxylation is 1. The third-order valence-corrected chi connectivity index (χ3v) is 5.59. The van der Waals surface area contributed by atoms with Crippen molar-refractivity contribution in [3.63, 3.8) is 0 Å². The number of amides is 1. The molecule has 2 N–H and O–H groups in total. The predicted molar refractivity (Wildman–Crippen MR) is 97.4 cm³/mol. The summed E-state index contributed by atoms with van der Waals surface area (Å²) in [6.07, 6.45) is 8.97. The normalized spacial score (nSPS) is 17.2. The minimum atomic E-state index is -0.00680. The fourth-order valence-corrected chi connectivity index (χ4v) is 4.38. The van der Waals surface area contributed by atoms with E-state index in [2.05, 4.69) is 23.7 Å². The van der Waals surface area contributed by atoms with Gasteiger partial charge in [-0.25, -0.2) is 0 Å². The van der Waals surface area contributed by atoms with Crippen molar-refractivity contribution >= 4 is 17.7 Å². The number of nitrogens with zero attached hydrogens (tertiary/aromatic N) is 1. The van der Waals surface area contributed by atoms with E-state index >= 15 is 0 Å². The molecule has 1 atom stereocenters. The van der Waals surface area contributed by atoms with Crippen LogP contribution in [0.15, 0.2) is 6.07 Å². The number of nitrogens with one attached hydrogen (secondary N) is 1. The molecule has 4 nitrogen and oxygen atoms in total. The van der Waals surface area contributed by atoms with Gasteiger partial charge in [0.15, 0.2) is 0 Å². The molecule has 1 amide bonds. The minimum Gasteiger partial charge on any atom is -0.396 e. The number of hydrogen-bond donors (Lipinski definition) is 2. The third-order valence-electron chi connectivity index (χ3n) is 4.85. The second kappa shape index (κ2) is 8.78. The van der Waals surface area contributed by atoms with Crippen LogP contribution in [0.2, 0.25) is 0 Å². The maximum absolute atomic E-state index is 12.7. The van der Waals surface area contributed by atoms with Crippen molar-refractivity contribution in [1.29, 1.82) is 0 Å². The molecular formula is C18H30N2O2S. The van der Waals surface area contributed by atoms with Gasteiger partial charge in [0, 0.05) is 35.8 Å². The van der Waals surface area contributed by atoms with Crippen LogP contribution >= 0.6 is 11.8 Å². The zero-order valence-electron chi connectivity index (χ0n) is 14.6. The van der Waals surface area contributed by atoms with Gasteiger partial charge in [-0.1, -0.05) is 19.3 Å². The summed E-state index contributed by atoms with van der Waals surface area (Å²) in [4.78, 5) is 12.7. The van der Waals surface area contributed by atoms with Crippen LogP contribution in [0.5, 0.6) is 0 Å². The van der Waals surface area contributed by atoms with Gasteiger partial charge in [-0.05, 0) is 45.4 Å². The van der Waals surface area contributed by atoms with Crippen LogP contribution in [0.3, 0.4) is 0 Å². The first-order valence-corrected chi connectivity index (χ1v) is 10.1. The molecule has 0 saturated heterocycles. The molecule has 1 aliphatic rings. The Morgan fingerprint density at radius 2 is 2.09 bits per heavy atom. The molecule has 1 aromatic heterocycles. The number of rotatable bonds is 7. The van der Waals surface area contributed by atoms with Crippen molar-refractivity contribution in [1.82, 2.24) is 9.88 Å². The highest BCUT2D eigenvalue weighted by Gasteiger charge is 2.23. The molecule has 1 aromatic rings. The summed E-state index contributed by atoms with van der Waals surface area (Å²) >= 11 is 1.69. The van der Waals surface area contributed by atoms with E-state index in [9.17, 15) is 4.79 Å². The summed E-state index contributed by atoms with van der Waals surface area (Å²) in [5.74, 6) is 0.820. The number of carbonyl (C=O) groups is 1. The van der Waals surface area contributed by atoms with Crippen molar-refractivity contribution in [3.8, 4) is 0 Å². The van der Waals surface area contributed by atoms with Crippen molar-refractivity contribution < 1.29 is 9.90 Å². The largest absolute Gasteiger partial charge is 0.396 e. The fraction of sp³-hybridized carbons (Fsp3) is 0.722. The molecule has 1 fully saturated rings. The molecule has 0 bridgehead atoms. The van der Waals surface area contributed by atoms with Crippen LogP contribution < -0.4 is 5.32 Å². The highest BCUT2D eigenvalue weighted by atomic mass is 32.2. The molecule has 2 rings (SSSR count). The maximum Gasteiger partial charge on any atom is 0.253 e. The summed E-state index contributed by atoms with van der Waals surface area (Å²) in [6.45, 7) is 4.27. The van der Waals surface area contributed by atoms with Crippen molar-refractivity contribution in [2.75, 3.05) is 18.6 Å². The Balaban J connectivity index is 2.14. The minimum absolute atomic E-state index is 0.00680. The first-order valence-electron chi connectivity index (χ1n) is 8.67. The molecule has 0 radical (unpaired) electrons. The molecule has 23 heavy (non-hydrogen) atoms. The van der Waals surface area contributed by atoms with Gasteiger partial charge in [0.2, 0.25) is 0 Å². The average molecular weight is 339 g/mol. The lowest BCUT2D eigenvalue weighted by molar-refractivity contribution is 0.0934. The quantitative estimate of drug-likeness (QED) is 0.800. The Kier molecular flexibility index (Phi) is 7.03. The molecule has 0 spiro atoms. The number of carbonyl (C=O) groups excluding carboxylic acids is 1. The molecule has 5 heteroatoms. The van der Waals surface area contributed by atoms with E-state index < -0.39 is 0 Å². The maximum atomic E-state index is 12.7. The van der Waals surface area contributed by atoms with Crippen LogP contribution in [-0.2, 0) is 0 Å². The van der Waals surface area contributed by atoms with Crippen molar-refractivity contribution in [3.05, 3.63) is 23.0 Å². The second-order valence-electron chi connectivity index (χ2n) is 6.58. The van der Waals surface area contributed by atoms with Crippen LogP contribution in [0.4, 0.5) is 0 Å². The van der Waals surface area contributed by atoms with Crippen LogP contribution in [0, 0.1) is 13.8 Å². The van der Waals surface area contributed by atoms with E-state index in [0.29, 0.717) is 12.5 Å². The molecular weight excluding hydrogens is 308 g/mol. The molecule has 0 aliphatic heterocycles. The monoisotopic (exact) mass is 338 g/mol. The highest BCUT2D eigenvalue weighted by molar-refractivity contribution is 7.98. The highest BCUT2D eigenvalue weighted by Crippen LogP contribution is 2.32. The van der Waals surface area contributed by atoms with E-state index in [1.54, 1.807) is 11.8 Å². The van der Waals surface area contributed by atoms with Crippen LogP contribution in [0.1, 0.15) is 66.3 Å². The van der Waals surface area contributed by atoms with Gasteiger partial charge in [-0.3, -0.25) is 4.79 Å². The zero-order chi connectivity index (χ0) is 16.8. The van der Waals surface area contributed by atoms with Crippen LogP contribution in [-0.4, -0.2) is 40.2 Å². The topological polar surface area (TPSA) is 54.3 Å². The lowest BCUT2D eigenvalue weighted by Gasteiger charge is -2.26. The second-order valence-corrected chi connectivity index (χ2v) is 7.50. The average Bonchev–Trinajstić information content (AvgIpc) is 2.83. The third kappa shape index (κ3) is 4.54. The van der Waals surface area contributed by atoms with E-state index in [4.69, 9.17) is 5.11 Å². The molecule has 1 heterocycles. The number of thioether (sulfide) groups is 1. The van der Waals surface area contributed by atoms with Crippen molar-refractivity contribution in [2.45, 2.75) is 64.5 Å². The Morgan fingerprint density at radius 1 is 1.39 bits per heavy atom. The smallest absolute Gasteiger partial charge is 0.253 e. The Morgan fingerprint density at radius 3 is 2.70 bits per heavy atom. The first kappa shape index (κ1) is 18.4. The van der Waals surface area contributed by atoms with Crippen LogP contribution in [0.25, 0.3) is 0 Å². The number of hydrogen-bond acceptors (Lipinski definition) is 3. The van der Waals surface area contributed by atoms with Gasteiger partial charge in [-0.2, -0.15) is 11.8 Å². The molecule has 1 saturated carbocycles. The molecule has 1 unspecified atom stereocenters. The number of aliphatic hydroxyl groups excluding tert-OH is 1. The molecule has 0 aromatic carbocycles. The standard InChI is InChI=1S/C18H30N2O2S/c1-13-11-17(18(22)19-15(9-10-21)12-23-3)14(2)20(13)16-7-5-4-6-8-16/h11,15-16,21H,4-10,12H2,1-3H3,(H,19,22). The summed E-state index contributed by atoms with van der Waals surface area (Å²) < 4.78 is 2.36. The van der Waals surface area contributed by atoms with E-state index in [0.717, 1.165) is 17.0 Å². The molecule has 1 aliphatic carbocycles.